The SMILES string of the molecule is Oc1ccc(N=Nc2ccc(Cl)cc2)c(N=Cc2cc(N=Nc3nc4ccccc4s3)ccc2O)c1. The summed E-state index contributed by atoms with van der Waals surface area (Å²) in [5, 5.41) is 38.3. The molecule has 0 aliphatic rings. The zero-order valence-electron chi connectivity index (χ0n) is 18.5. The molecule has 1 heterocycles. The van der Waals surface area contributed by atoms with Gasteiger partial charge in [0.25, 0.3) is 0 Å². The molecule has 0 atom stereocenters. The van der Waals surface area contributed by atoms with Crippen LogP contribution >= 0.6 is 22.9 Å². The summed E-state index contributed by atoms with van der Waals surface area (Å²) in [7, 11) is 0. The van der Waals surface area contributed by atoms with E-state index in [9.17, 15) is 10.2 Å². The maximum atomic E-state index is 10.3. The zero-order chi connectivity index (χ0) is 24.9. The third-order valence-electron chi connectivity index (χ3n) is 4.95. The number of benzene rings is 4. The van der Waals surface area contributed by atoms with Gasteiger partial charge in [-0.1, -0.05) is 35.1 Å². The van der Waals surface area contributed by atoms with Crippen LogP contribution in [0, 0.1) is 0 Å². The van der Waals surface area contributed by atoms with Crippen molar-refractivity contribution in [2.75, 3.05) is 0 Å². The normalized spacial score (nSPS) is 11.9. The lowest BCUT2D eigenvalue weighted by atomic mass is 10.2. The molecule has 0 aliphatic heterocycles. The molecule has 4 aromatic carbocycles. The summed E-state index contributed by atoms with van der Waals surface area (Å²) in [6.07, 6.45) is 1.46. The summed E-state index contributed by atoms with van der Waals surface area (Å²) in [5.74, 6) is 0.0392. The number of phenolic OH excluding ortho intramolecular Hbond substituents is 2. The predicted octanol–water partition coefficient (Wildman–Crippen LogP) is 8.94. The van der Waals surface area contributed by atoms with E-state index in [2.05, 4.69) is 30.4 Å². The summed E-state index contributed by atoms with van der Waals surface area (Å²) in [6, 6.07) is 24.0. The molecular weight excluding hydrogens is 496 g/mol. The van der Waals surface area contributed by atoms with Crippen molar-refractivity contribution in [1.29, 1.82) is 0 Å². The van der Waals surface area contributed by atoms with Crippen LogP contribution in [0.3, 0.4) is 0 Å². The summed E-state index contributed by atoms with van der Waals surface area (Å²) in [5.41, 5.74) is 3.22. The lowest BCUT2D eigenvalue weighted by Gasteiger charge is -2.03. The first kappa shape index (κ1) is 23.3. The Morgan fingerprint density at radius 2 is 1.53 bits per heavy atom. The van der Waals surface area contributed by atoms with Gasteiger partial charge in [0.05, 0.1) is 27.3 Å². The number of halogens is 1. The Kier molecular flexibility index (Phi) is 6.74. The third-order valence-corrected chi connectivity index (χ3v) is 6.12. The van der Waals surface area contributed by atoms with E-state index in [4.69, 9.17) is 11.6 Å². The average molecular weight is 513 g/mol. The molecular formula is C26H17ClN6O2S. The van der Waals surface area contributed by atoms with Crippen molar-refractivity contribution in [2.24, 2.45) is 25.4 Å². The Hall–Kier alpha value is -4.47. The number of nitrogens with zero attached hydrogens (tertiary/aromatic N) is 6. The quantitative estimate of drug-likeness (QED) is 0.175. The first-order chi connectivity index (χ1) is 17.5. The molecule has 36 heavy (non-hydrogen) atoms. The fraction of sp³-hybridized carbons (Fsp3) is 0. The van der Waals surface area contributed by atoms with Gasteiger partial charge in [-0.05, 0) is 66.7 Å². The van der Waals surface area contributed by atoms with Crippen molar-refractivity contribution in [3.63, 3.8) is 0 Å². The lowest BCUT2D eigenvalue weighted by molar-refractivity contribution is 0.474. The largest absolute Gasteiger partial charge is 0.508 e. The molecule has 2 N–H and O–H groups in total. The van der Waals surface area contributed by atoms with Crippen molar-refractivity contribution in [1.82, 2.24) is 4.98 Å². The number of aromatic hydroxyl groups is 2. The van der Waals surface area contributed by atoms with E-state index in [1.165, 1.54) is 35.8 Å². The van der Waals surface area contributed by atoms with Crippen LogP contribution in [-0.4, -0.2) is 21.4 Å². The molecule has 0 saturated carbocycles. The van der Waals surface area contributed by atoms with Gasteiger partial charge in [0.1, 0.15) is 17.2 Å². The Balaban J connectivity index is 1.39. The van der Waals surface area contributed by atoms with Crippen molar-refractivity contribution in [2.45, 2.75) is 0 Å². The van der Waals surface area contributed by atoms with Crippen LogP contribution in [0.1, 0.15) is 5.56 Å². The van der Waals surface area contributed by atoms with Gasteiger partial charge in [-0.15, -0.1) is 15.3 Å². The standard InChI is InChI=1S/C26H17ClN6O2S/c27-17-5-7-18(8-6-17)30-32-21-11-10-20(34)14-23(21)28-15-16-13-19(9-12-24(16)35)31-33-26-29-22-3-1-2-4-25(22)36-26/h1-15,34-35H. The monoisotopic (exact) mass is 512 g/mol. The Bertz CT molecular complexity index is 1600. The summed E-state index contributed by atoms with van der Waals surface area (Å²) in [4.78, 5) is 8.85. The van der Waals surface area contributed by atoms with Crippen molar-refractivity contribution < 1.29 is 10.2 Å². The number of aromatic nitrogens is 1. The van der Waals surface area contributed by atoms with E-state index < -0.39 is 0 Å². The summed E-state index contributed by atoms with van der Waals surface area (Å²) >= 11 is 7.35. The van der Waals surface area contributed by atoms with Crippen LogP contribution in [0.15, 0.2) is 110 Å². The van der Waals surface area contributed by atoms with E-state index in [0.29, 0.717) is 38.5 Å². The number of aliphatic imine (C=N–C) groups is 1. The highest BCUT2D eigenvalue weighted by Gasteiger charge is 2.06. The van der Waals surface area contributed by atoms with E-state index >= 15 is 0 Å². The molecule has 0 unspecified atom stereocenters. The van der Waals surface area contributed by atoms with E-state index in [1.807, 2.05) is 24.3 Å². The molecule has 0 aliphatic carbocycles. The number of para-hydroxylation sites is 1. The Morgan fingerprint density at radius 3 is 2.36 bits per heavy atom. The Labute approximate surface area is 214 Å². The van der Waals surface area contributed by atoms with Gasteiger partial charge in [-0.25, -0.2) is 4.98 Å². The highest BCUT2D eigenvalue weighted by atomic mass is 35.5. The van der Waals surface area contributed by atoms with Gasteiger partial charge in [-0.2, -0.15) is 5.11 Å². The van der Waals surface area contributed by atoms with Crippen LogP contribution in [0.4, 0.5) is 27.9 Å². The van der Waals surface area contributed by atoms with Crippen LogP contribution in [-0.2, 0) is 0 Å². The minimum Gasteiger partial charge on any atom is -0.508 e. The minimum absolute atomic E-state index is 0.0159. The zero-order valence-corrected chi connectivity index (χ0v) is 20.1. The molecule has 0 amide bonds. The van der Waals surface area contributed by atoms with Crippen molar-refractivity contribution in [3.05, 3.63) is 95.5 Å². The molecule has 0 spiro atoms. The average Bonchev–Trinajstić information content (AvgIpc) is 3.31. The predicted molar refractivity (Wildman–Crippen MR) is 143 cm³/mol. The van der Waals surface area contributed by atoms with Crippen LogP contribution in [0.5, 0.6) is 11.5 Å². The second-order valence-corrected chi connectivity index (χ2v) is 8.96. The maximum Gasteiger partial charge on any atom is 0.231 e. The Morgan fingerprint density at radius 1 is 0.750 bits per heavy atom. The number of hydrogen-bond acceptors (Lipinski definition) is 9. The molecule has 8 nitrogen and oxygen atoms in total. The fourth-order valence-electron chi connectivity index (χ4n) is 3.17. The number of phenols is 2. The summed E-state index contributed by atoms with van der Waals surface area (Å²) in [6.45, 7) is 0. The first-order valence-corrected chi connectivity index (χ1v) is 11.9. The third kappa shape index (κ3) is 5.60. The second kappa shape index (κ2) is 10.4. The molecule has 0 bridgehead atoms. The van der Waals surface area contributed by atoms with Gasteiger partial charge in [0.15, 0.2) is 0 Å². The fourth-order valence-corrected chi connectivity index (χ4v) is 4.08. The number of azo groups is 2. The van der Waals surface area contributed by atoms with Gasteiger partial charge >= 0.3 is 0 Å². The highest BCUT2D eigenvalue weighted by Crippen LogP contribution is 2.34. The number of hydrogen-bond donors (Lipinski definition) is 2. The minimum atomic E-state index is 0.0159. The van der Waals surface area contributed by atoms with Crippen LogP contribution in [0.25, 0.3) is 10.2 Å². The second-order valence-electron chi connectivity index (χ2n) is 7.51. The molecule has 176 valence electrons. The van der Waals surface area contributed by atoms with Crippen molar-refractivity contribution >= 4 is 67.3 Å². The van der Waals surface area contributed by atoms with E-state index in [1.54, 1.807) is 42.5 Å². The van der Waals surface area contributed by atoms with Crippen LogP contribution in [0.2, 0.25) is 5.02 Å². The molecule has 5 rings (SSSR count). The smallest absolute Gasteiger partial charge is 0.231 e. The molecule has 1 aromatic heterocycles. The number of thiazole rings is 1. The highest BCUT2D eigenvalue weighted by molar-refractivity contribution is 7.21. The maximum absolute atomic E-state index is 10.3. The molecule has 10 heteroatoms. The van der Waals surface area contributed by atoms with Crippen LogP contribution < -0.4 is 0 Å². The molecule has 0 fully saturated rings. The molecule has 0 saturated heterocycles. The molecule has 5 aromatic rings. The number of rotatable bonds is 6. The van der Waals surface area contributed by atoms with Crippen molar-refractivity contribution in [3.8, 4) is 11.5 Å². The van der Waals surface area contributed by atoms with Gasteiger partial charge < -0.3 is 10.2 Å². The lowest BCUT2D eigenvalue weighted by Crippen LogP contribution is -1.82. The van der Waals surface area contributed by atoms with E-state index in [0.717, 1.165) is 10.2 Å². The topological polar surface area (TPSA) is 115 Å². The summed E-state index contributed by atoms with van der Waals surface area (Å²) < 4.78 is 1.03. The van der Waals surface area contributed by atoms with Gasteiger partial charge in [0, 0.05) is 22.9 Å². The van der Waals surface area contributed by atoms with Gasteiger partial charge in [0.2, 0.25) is 5.13 Å². The molecule has 0 radical (unpaired) electrons. The first-order valence-electron chi connectivity index (χ1n) is 10.7. The van der Waals surface area contributed by atoms with Gasteiger partial charge in [-0.3, -0.25) is 4.99 Å². The number of fused-ring (bicyclic) bond motifs is 1. The van der Waals surface area contributed by atoms with E-state index in [-0.39, 0.29) is 11.5 Å².